The van der Waals surface area contributed by atoms with Crippen molar-refractivity contribution in [3.05, 3.63) is 35.4 Å². The fraction of sp³-hybridized carbons (Fsp3) is 0.625. The second kappa shape index (κ2) is 6.35. The van der Waals surface area contributed by atoms with Crippen molar-refractivity contribution in [3.63, 3.8) is 0 Å². The van der Waals surface area contributed by atoms with Crippen molar-refractivity contribution >= 4 is 0 Å². The van der Waals surface area contributed by atoms with Gasteiger partial charge in [0.2, 0.25) is 0 Å². The molecule has 18 heavy (non-hydrogen) atoms. The average Bonchev–Trinajstić information content (AvgIpc) is 2.41. The summed E-state index contributed by atoms with van der Waals surface area (Å²) in [6.07, 6.45) is 3.47. The summed E-state index contributed by atoms with van der Waals surface area (Å²) in [6, 6.07) is 9.23. The van der Waals surface area contributed by atoms with E-state index in [1.807, 2.05) is 0 Å². The normalized spacial score (nSPS) is 25.3. The van der Waals surface area contributed by atoms with Crippen molar-refractivity contribution in [2.75, 3.05) is 13.1 Å². The molecule has 0 bridgehead atoms. The number of hydrogen-bond acceptors (Lipinski definition) is 2. The molecule has 0 radical (unpaired) electrons. The van der Waals surface area contributed by atoms with Gasteiger partial charge in [0.05, 0.1) is 0 Å². The number of nitrogens with zero attached hydrogens (tertiary/aromatic N) is 1. The van der Waals surface area contributed by atoms with Crippen LogP contribution in [0.15, 0.2) is 24.3 Å². The van der Waals surface area contributed by atoms with Gasteiger partial charge in [-0.2, -0.15) is 0 Å². The molecular weight excluding hydrogens is 220 g/mol. The Labute approximate surface area is 111 Å². The molecule has 0 amide bonds. The molecule has 100 valence electrons. The summed E-state index contributed by atoms with van der Waals surface area (Å²) in [5.41, 5.74) is 9.15. The molecule has 2 unspecified atom stereocenters. The van der Waals surface area contributed by atoms with E-state index in [0.717, 1.165) is 32.5 Å². The molecule has 2 atom stereocenters. The third-order valence-corrected chi connectivity index (χ3v) is 4.29. The smallest absolute Gasteiger partial charge is 0.0236 e. The van der Waals surface area contributed by atoms with Crippen LogP contribution in [0.3, 0.4) is 0 Å². The van der Waals surface area contributed by atoms with Crippen molar-refractivity contribution in [3.8, 4) is 0 Å². The van der Waals surface area contributed by atoms with Gasteiger partial charge in [-0.3, -0.25) is 4.90 Å². The van der Waals surface area contributed by atoms with E-state index in [1.165, 1.54) is 17.5 Å². The Hall–Kier alpha value is -0.860. The molecule has 2 nitrogen and oxygen atoms in total. The number of nitrogens with two attached hydrogens (primary N) is 1. The van der Waals surface area contributed by atoms with E-state index < -0.39 is 0 Å². The Balaban J connectivity index is 2.01. The van der Waals surface area contributed by atoms with E-state index >= 15 is 0 Å². The molecule has 1 aliphatic rings. The number of likely N-dealkylation sites (tertiary alicyclic amines) is 1. The van der Waals surface area contributed by atoms with Gasteiger partial charge in [-0.25, -0.2) is 0 Å². The highest BCUT2D eigenvalue weighted by atomic mass is 15.1. The van der Waals surface area contributed by atoms with Crippen molar-refractivity contribution in [1.29, 1.82) is 0 Å². The highest BCUT2D eigenvalue weighted by molar-refractivity contribution is 5.27. The van der Waals surface area contributed by atoms with Gasteiger partial charge < -0.3 is 5.73 Å². The molecule has 1 aromatic rings. The quantitative estimate of drug-likeness (QED) is 0.885. The minimum Gasteiger partial charge on any atom is -0.327 e. The molecule has 1 heterocycles. The molecular formula is C16H26N2. The number of benzene rings is 1. The standard InChI is InChI=1S/C16H26N2/c1-3-13-7-5-6-8-15(13)12-18-10-9-16(17)14(4-2)11-18/h5-8,14,16H,3-4,9-12,17H2,1-2H3. The van der Waals surface area contributed by atoms with Gasteiger partial charge >= 0.3 is 0 Å². The van der Waals surface area contributed by atoms with E-state index in [9.17, 15) is 0 Å². The second-order valence-electron chi connectivity index (χ2n) is 5.48. The van der Waals surface area contributed by atoms with Crippen LogP contribution in [-0.4, -0.2) is 24.0 Å². The molecule has 0 saturated carbocycles. The summed E-state index contributed by atoms with van der Waals surface area (Å²) in [5.74, 6) is 0.674. The van der Waals surface area contributed by atoms with Crippen LogP contribution >= 0.6 is 0 Å². The van der Waals surface area contributed by atoms with Gasteiger partial charge in [-0.1, -0.05) is 44.5 Å². The van der Waals surface area contributed by atoms with E-state index in [0.29, 0.717) is 12.0 Å². The lowest BCUT2D eigenvalue weighted by atomic mass is 9.90. The maximum Gasteiger partial charge on any atom is 0.0236 e. The summed E-state index contributed by atoms with van der Waals surface area (Å²) in [4.78, 5) is 2.58. The number of piperidine rings is 1. The minimum absolute atomic E-state index is 0.410. The van der Waals surface area contributed by atoms with Crippen molar-refractivity contribution in [2.45, 2.75) is 45.7 Å². The zero-order valence-corrected chi connectivity index (χ0v) is 11.7. The monoisotopic (exact) mass is 246 g/mol. The van der Waals surface area contributed by atoms with E-state index in [-0.39, 0.29) is 0 Å². The van der Waals surface area contributed by atoms with Gasteiger partial charge in [-0.15, -0.1) is 0 Å². The fourth-order valence-corrected chi connectivity index (χ4v) is 3.00. The largest absolute Gasteiger partial charge is 0.327 e. The van der Waals surface area contributed by atoms with Gasteiger partial charge in [0.25, 0.3) is 0 Å². The van der Waals surface area contributed by atoms with E-state index in [4.69, 9.17) is 5.73 Å². The van der Waals surface area contributed by atoms with Crippen LogP contribution in [0.4, 0.5) is 0 Å². The van der Waals surface area contributed by atoms with Gasteiger partial charge in [0.1, 0.15) is 0 Å². The van der Waals surface area contributed by atoms with Crippen molar-refractivity contribution in [1.82, 2.24) is 4.90 Å². The van der Waals surface area contributed by atoms with Crippen molar-refractivity contribution in [2.24, 2.45) is 11.7 Å². The highest BCUT2D eigenvalue weighted by Gasteiger charge is 2.25. The lowest BCUT2D eigenvalue weighted by molar-refractivity contribution is 0.145. The summed E-state index contributed by atoms with van der Waals surface area (Å²) in [7, 11) is 0. The van der Waals surface area contributed by atoms with E-state index in [1.54, 1.807) is 0 Å². The summed E-state index contributed by atoms with van der Waals surface area (Å²) in [5, 5.41) is 0. The zero-order chi connectivity index (χ0) is 13.0. The molecule has 0 aliphatic carbocycles. The Bertz CT molecular complexity index is 375. The number of aryl methyl sites for hydroxylation is 1. The molecule has 2 rings (SSSR count). The van der Waals surface area contributed by atoms with Gasteiger partial charge in [0.15, 0.2) is 0 Å². The molecule has 1 aliphatic heterocycles. The summed E-state index contributed by atoms with van der Waals surface area (Å²) >= 11 is 0. The van der Waals surface area contributed by atoms with Crippen LogP contribution in [0.5, 0.6) is 0 Å². The fourth-order valence-electron chi connectivity index (χ4n) is 3.00. The van der Waals surface area contributed by atoms with Crippen LogP contribution in [0.25, 0.3) is 0 Å². The predicted molar refractivity (Wildman–Crippen MR) is 77.5 cm³/mol. The molecule has 1 aromatic carbocycles. The zero-order valence-electron chi connectivity index (χ0n) is 11.7. The van der Waals surface area contributed by atoms with Crippen LogP contribution in [0.1, 0.15) is 37.8 Å². The first kappa shape index (κ1) is 13.6. The Morgan fingerprint density at radius 2 is 1.94 bits per heavy atom. The second-order valence-corrected chi connectivity index (χ2v) is 5.48. The lowest BCUT2D eigenvalue weighted by Gasteiger charge is -2.36. The van der Waals surface area contributed by atoms with Crippen molar-refractivity contribution < 1.29 is 0 Å². The SMILES string of the molecule is CCc1ccccc1CN1CCC(N)C(CC)C1. The number of hydrogen-bond donors (Lipinski definition) is 1. The van der Waals surface area contributed by atoms with Crippen LogP contribution in [-0.2, 0) is 13.0 Å². The Morgan fingerprint density at radius 3 is 2.61 bits per heavy atom. The maximum atomic E-state index is 6.17. The molecule has 1 fully saturated rings. The van der Waals surface area contributed by atoms with Gasteiger partial charge in [-0.05, 0) is 36.4 Å². The average molecular weight is 246 g/mol. The molecule has 0 spiro atoms. The Morgan fingerprint density at radius 1 is 1.22 bits per heavy atom. The number of rotatable bonds is 4. The minimum atomic E-state index is 0.410. The predicted octanol–water partition coefficient (Wildman–Crippen LogP) is 2.81. The van der Waals surface area contributed by atoms with E-state index in [2.05, 4.69) is 43.0 Å². The maximum absolute atomic E-state index is 6.17. The third kappa shape index (κ3) is 3.12. The molecule has 2 N–H and O–H groups in total. The highest BCUT2D eigenvalue weighted by Crippen LogP contribution is 2.21. The molecule has 0 aromatic heterocycles. The molecule has 1 saturated heterocycles. The van der Waals surface area contributed by atoms with Crippen LogP contribution < -0.4 is 5.73 Å². The first-order valence-electron chi connectivity index (χ1n) is 7.29. The lowest BCUT2D eigenvalue weighted by Crippen LogP contribution is -2.46. The summed E-state index contributed by atoms with van der Waals surface area (Å²) in [6.45, 7) is 7.90. The molecule has 2 heteroatoms. The first-order chi connectivity index (χ1) is 8.74. The van der Waals surface area contributed by atoms with Gasteiger partial charge in [0, 0.05) is 19.1 Å². The van der Waals surface area contributed by atoms with Crippen LogP contribution in [0, 0.1) is 5.92 Å². The topological polar surface area (TPSA) is 29.3 Å². The van der Waals surface area contributed by atoms with Crippen LogP contribution in [0.2, 0.25) is 0 Å². The first-order valence-corrected chi connectivity index (χ1v) is 7.29. The summed E-state index contributed by atoms with van der Waals surface area (Å²) < 4.78 is 0. The third-order valence-electron chi connectivity index (χ3n) is 4.29. The Kier molecular flexibility index (Phi) is 4.79.